The van der Waals surface area contributed by atoms with E-state index in [-0.39, 0.29) is 6.10 Å². The highest BCUT2D eigenvalue weighted by Crippen LogP contribution is 2.26. The molecule has 0 saturated heterocycles. The van der Waals surface area contributed by atoms with E-state index in [1.165, 1.54) is 12.8 Å². The maximum absolute atomic E-state index is 6.13. The number of hydrogen-bond acceptors (Lipinski definition) is 5. The monoisotopic (exact) mass is 399 g/mol. The van der Waals surface area contributed by atoms with Gasteiger partial charge in [-0.1, -0.05) is 6.92 Å². The van der Waals surface area contributed by atoms with Crippen molar-refractivity contribution in [1.82, 2.24) is 30.0 Å². The third kappa shape index (κ3) is 6.17. The van der Waals surface area contributed by atoms with Gasteiger partial charge in [0.05, 0.1) is 13.1 Å². The molecular weight excluding hydrogens is 366 g/mol. The van der Waals surface area contributed by atoms with Crippen molar-refractivity contribution in [3.05, 3.63) is 36.0 Å². The van der Waals surface area contributed by atoms with Gasteiger partial charge in [0.15, 0.2) is 5.96 Å². The van der Waals surface area contributed by atoms with Gasteiger partial charge in [-0.15, -0.1) is 0 Å². The van der Waals surface area contributed by atoms with Gasteiger partial charge in [-0.2, -0.15) is 5.10 Å². The topological polar surface area (TPSA) is 80.5 Å². The molecule has 158 valence electrons. The van der Waals surface area contributed by atoms with Gasteiger partial charge >= 0.3 is 0 Å². The second-order valence-electron chi connectivity index (χ2n) is 7.83. The minimum Gasteiger partial charge on any atom is -0.474 e. The van der Waals surface area contributed by atoms with Crippen LogP contribution < -0.4 is 10.1 Å². The average Bonchev–Trinajstić information content (AvgIpc) is 3.11. The number of aryl methyl sites for hydroxylation is 1. The number of rotatable bonds is 7. The van der Waals surface area contributed by atoms with Gasteiger partial charge in [-0.25, -0.2) is 15.0 Å². The van der Waals surface area contributed by atoms with Crippen molar-refractivity contribution in [2.75, 3.05) is 13.6 Å². The fraction of sp³-hybridized carbons (Fsp3) is 0.619. The quantitative estimate of drug-likeness (QED) is 0.570. The summed E-state index contributed by atoms with van der Waals surface area (Å²) in [5, 5.41) is 7.47. The Balaban J connectivity index is 1.62. The smallest absolute Gasteiger partial charge is 0.213 e. The van der Waals surface area contributed by atoms with E-state index in [0.29, 0.717) is 19.0 Å². The van der Waals surface area contributed by atoms with Crippen molar-refractivity contribution >= 4 is 5.96 Å². The minimum absolute atomic E-state index is 0.285. The Morgan fingerprint density at radius 1 is 1.31 bits per heavy atom. The van der Waals surface area contributed by atoms with E-state index in [9.17, 15) is 0 Å². The van der Waals surface area contributed by atoms with Crippen molar-refractivity contribution in [3.8, 4) is 5.88 Å². The van der Waals surface area contributed by atoms with Crippen LogP contribution in [0.4, 0.5) is 0 Å². The van der Waals surface area contributed by atoms with Gasteiger partial charge in [0, 0.05) is 32.9 Å². The maximum Gasteiger partial charge on any atom is 0.213 e. The Hall–Kier alpha value is -2.64. The Morgan fingerprint density at radius 2 is 2.10 bits per heavy atom. The first kappa shape index (κ1) is 21.1. The van der Waals surface area contributed by atoms with Crippen LogP contribution in [0.3, 0.4) is 0 Å². The molecule has 2 aromatic heterocycles. The zero-order valence-corrected chi connectivity index (χ0v) is 18.0. The third-order valence-electron chi connectivity index (χ3n) is 5.34. The molecule has 0 atom stereocenters. The number of ether oxygens (including phenoxy) is 1. The van der Waals surface area contributed by atoms with Crippen LogP contribution in [0.2, 0.25) is 0 Å². The van der Waals surface area contributed by atoms with Crippen LogP contribution in [0.25, 0.3) is 0 Å². The molecule has 8 heteroatoms. The van der Waals surface area contributed by atoms with Crippen LogP contribution >= 0.6 is 0 Å². The molecule has 1 fully saturated rings. The first-order valence-corrected chi connectivity index (χ1v) is 10.5. The van der Waals surface area contributed by atoms with E-state index in [1.807, 2.05) is 32.4 Å². The molecule has 2 heterocycles. The second kappa shape index (κ2) is 10.2. The van der Waals surface area contributed by atoms with Crippen molar-refractivity contribution in [3.63, 3.8) is 0 Å². The molecule has 0 aliphatic heterocycles. The summed E-state index contributed by atoms with van der Waals surface area (Å²) < 4.78 is 7.90. The van der Waals surface area contributed by atoms with Crippen molar-refractivity contribution < 1.29 is 4.74 Å². The molecule has 0 unspecified atom stereocenters. The molecular formula is C21H33N7O. The molecule has 1 aliphatic rings. The highest BCUT2D eigenvalue weighted by molar-refractivity contribution is 5.79. The Bertz CT molecular complexity index is 796. The van der Waals surface area contributed by atoms with Gasteiger partial charge < -0.3 is 15.0 Å². The van der Waals surface area contributed by atoms with Crippen LogP contribution in [0.1, 0.15) is 50.9 Å². The van der Waals surface area contributed by atoms with E-state index in [0.717, 1.165) is 42.7 Å². The van der Waals surface area contributed by atoms with Crippen LogP contribution in [0.5, 0.6) is 5.88 Å². The summed E-state index contributed by atoms with van der Waals surface area (Å²) in [5.41, 5.74) is 1.08. The second-order valence-corrected chi connectivity index (χ2v) is 7.83. The van der Waals surface area contributed by atoms with Gasteiger partial charge in [-0.05, 0) is 50.2 Å². The Morgan fingerprint density at radius 3 is 2.79 bits per heavy atom. The van der Waals surface area contributed by atoms with Crippen LogP contribution in [0, 0.1) is 5.92 Å². The highest BCUT2D eigenvalue weighted by atomic mass is 16.5. The number of nitrogens with zero attached hydrogens (tertiary/aromatic N) is 6. The molecule has 1 aliphatic carbocycles. The molecule has 0 spiro atoms. The molecule has 0 amide bonds. The summed E-state index contributed by atoms with van der Waals surface area (Å²) in [5.74, 6) is 3.23. The fourth-order valence-corrected chi connectivity index (χ4v) is 3.52. The SMILES string of the molecule is CCNC(=NCc1ccnc(OC2CCC(C)CC2)c1)N(C)Cc1ncnn1C. The molecule has 2 aromatic rings. The van der Waals surface area contributed by atoms with Crippen molar-refractivity contribution in [2.24, 2.45) is 18.0 Å². The van der Waals surface area contributed by atoms with E-state index in [4.69, 9.17) is 9.73 Å². The molecule has 3 rings (SSSR count). The Labute approximate surface area is 173 Å². The van der Waals surface area contributed by atoms with Crippen LogP contribution in [-0.4, -0.2) is 50.3 Å². The lowest BCUT2D eigenvalue weighted by Gasteiger charge is -2.26. The van der Waals surface area contributed by atoms with E-state index in [1.54, 1.807) is 11.0 Å². The molecule has 0 aromatic carbocycles. The number of aromatic nitrogens is 4. The van der Waals surface area contributed by atoms with E-state index < -0.39 is 0 Å². The molecule has 1 N–H and O–H groups in total. The zero-order valence-electron chi connectivity index (χ0n) is 18.0. The molecule has 29 heavy (non-hydrogen) atoms. The van der Waals surface area contributed by atoms with Gasteiger partial charge in [-0.3, -0.25) is 4.68 Å². The number of nitrogens with one attached hydrogen (secondary N) is 1. The summed E-state index contributed by atoms with van der Waals surface area (Å²) in [4.78, 5) is 15.5. The number of guanidine groups is 1. The molecule has 0 bridgehead atoms. The summed E-state index contributed by atoms with van der Waals surface area (Å²) in [7, 11) is 3.90. The summed E-state index contributed by atoms with van der Waals surface area (Å²) in [6.45, 7) is 6.37. The number of hydrogen-bond donors (Lipinski definition) is 1. The van der Waals surface area contributed by atoms with Gasteiger partial charge in [0.1, 0.15) is 18.3 Å². The lowest BCUT2D eigenvalue weighted by molar-refractivity contribution is 0.130. The summed E-state index contributed by atoms with van der Waals surface area (Å²) in [6, 6.07) is 4.00. The highest BCUT2D eigenvalue weighted by Gasteiger charge is 2.20. The third-order valence-corrected chi connectivity index (χ3v) is 5.34. The van der Waals surface area contributed by atoms with Gasteiger partial charge in [0.2, 0.25) is 5.88 Å². The molecule has 1 saturated carbocycles. The summed E-state index contributed by atoms with van der Waals surface area (Å²) in [6.07, 6.45) is 8.36. The largest absolute Gasteiger partial charge is 0.474 e. The fourth-order valence-electron chi connectivity index (χ4n) is 3.52. The van der Waals surface area contributed by atoms with Crippen molar-refractivity contribution in [2.45, 2.75) is 58.7 Å². The average molecular weight is 400 g/mol. The van der Waals surface area contributed by atoms with Crippen LogP contribution in [-0.2, 0) is 20.1 Å². The van der Waals surface area contributed by atoms with Gasteiger partial charge in [0.25, 0.3) is 0 Å². The standard InChI is InChI=1S/C21H33N7O/c1-5-22-21(27(3)14-19-25-15-26-28(19)4)24-13-17-10-11-23-20(12-17)29-18-8-6-16(2)7-9-18/h10-12,15-16,18H,5-9,13-14H2,1-4H3,(H,22,24). The minimum atomic E-state index is 0.285. The maximum atomic E-state index is 6.13. The predicted octanol–water partition coefficient (Wildman–Crippen LogP) is 2.77. The predicted molar refractivity (Wildman–Crippen MR) is 114 cm³/mol. The number of aliphatic imine (C=N–C) groups is 1. The first-order valence-electron chi connectivity index (χ1n) is 10.5. The normalized spacial score (nSPS) is 19.8. The Kier molecular flexibility index (Phi) is 7.43. The van der Waals surface area contributed by atoms with E-state index in [2.05, 4.69) is 39.1 Å². The van der Waals surface area contributed by atoms with Crippen LogP contribution in [0.15, 0.2) is 29.6 Å². The first-order chi connectivity index (χ1) is 14.0. The lowest BCUT2D eigenvalue weighted by atomic mass is 9.89. The molecule has 0 radical (unpaired) electrons. The molecule has 8 nitrogen and oxygen atoms in total. The van der Waals surface area contributed by atoms with Crippen molar-refractivity contribution in [1.29, 1.82) is 0 Å². The zero-order chi connectivity index (χ0) is 20.6. The summed E-state index contributed by atoms with van der Waals surface area (Å²) >= 11 is 0. The number of pyridine rings is 1. The lowest BCUT2D eigenvalue weighted by Crippen LogP contribution is -2.39. The van der Waals surface area contributed by atoms with E-state index >= 15 is 0 Å².